The molecule has 2 N–H and O–H groups in total. The van der Waals surface area contributed by atoms with Crippen LogP contribution in [0.2, 0.25) is 5.02 Å². The molecule has 10 heteroatoms. The number of aromatic nitrogens is 2. The Labute approximate surface area is 177 Å². The lowest BCUT2D eigenvalue weighted by Gasteiger charge is -2.25. The van der Waals surface area contributed by atoms with Crippen molar-refractivity contribution in [3.63, 3.8) is 0 Å². The van der Waals surface area contributed by atoms with Gasteiger partial charge in [-0.3, -0.25) is 10.1 Å². The lowest BCUT2D eigenvalue weighted by Crippen LogP contribution is -2.31. The highest BCUT2D eigenvalue weighted by atomic mass is 35.5. The fraction of sp³-hybridized carbons (Fsp3) is 0.211. The summed E-state index contributed by atoms with van der Waals surface area (Å²) in [5, 5.41) is 10.5. The second kappa shape index (κ2) is 8.19. The van der Waals surface area contributed by atoms with Crippen LogP contribution in [-0.4, -0.2) is 24.5 Å². The number of carbonyl (C=O) groups excluding carboxylic acids is 1. The van der Waals surface area contributed by atoms with Gasteiger partial charge in [0.2, 0.25) is 9.47 Å². The standard InChI is InChI=1S/C19H17ClN4O3S2/c20-15-10-4-3-9-14(15)17(25)21-18-22-23-19(28-18)29(26,27)24-16-11-5-7-12-6-1-2-8-13(12)16/h1-4,6,8-10,16,24H,5,7,11H2,(H,21,22,25)/t16-/m0/s1. The van der Waals surface area contributed by atoms with Crippen molar-refractivity contribution in [3.8, 4) is 0 Å². The van der Waals surface area contributed by atoms with Crippen LogP contribution in [0.25, 0.3) is 0 Å². The van der Waals surface area contributed by atoms with Crippen LogP contribution in [0.15, 0.2) is 52.9 Å². The van der Waals surface area contributed by atoms with Gasteiger partial charge in [-0.15, -0.1) is 10.2 Å². The summed E-state index contributed by atoms with van der Waals surface area (Å²) in [6, 6.07) is 14.1. The van der Waals surface area contributed by atoms with Gasteiger partial charge in [0, 0.05) is 6.04 Å². The summed E-state index contributed by atoms with van der Waals surface area (Å²) in [4.78, 5) is 12.3. The van der Waals surface area contributed by atoms with Crippen LogP contribution in [0.1, 0.15) is 40.4 Å². The van der Waals surface area contributed by atoms with Crippen LogP contribution < -0.4 is 10.0 Å². The average molecular weight is 449 g/mol. The predicted octanol–water partition coefficient (Wildman–Crippen LogP) is 3.80. The van der Waals surface area contributed by atoms with Crippen LogP contribution in [0.3, 0.4) is 0 Å². The van der Waals surface area contributed by atoms with Gasteiger partial charge in [-0.1, -0.05) is 59.3 Å². The normalized spacial score (nSPS) is 16.2. The van der Waals surface area contributed by atoms with Crippen LogP contribution in [0.5, 0.6) is 0 Å². The molecule has 0 saturated carbocycles. The Balaban J connectivity index is 1.50. The number of halogens is 1. The Morgan fingerprint density at radius 1 is 1.10 bits per heavy atom. The number of hydrogen-bond acceptors (Lipinski definition) is 6. The first-order valence-corrected chi connectivity index (χ1v) is 11.6. The number of benzene rings is 2. The zero-order chi connectivity index (χ0) is 20.4. The third-order valence-electron chi connectivity index (χ3n) is 4.64. The highest BCUT2D eigenvalue weighted by Gasteiger charge is 2.28. The van der Waals surface area contributed by atoms with E-state index in [0.717, 1.165) is 35.3 Å². The van der Waals surface area contributed by atoms with Crippen molar-refractivity contribution in [2.45, 2.75) is 29.6 Å². The molecule has 150 valence electrons. The van der Waals surface area contributed by atoms with E-state index in [0.29, 0.717) is 11.4 Å². The molecule has 0 bridgehead atoms. The van der Waals surface area contributed by atoms with Gasteiger partial charge in [-0.05, 0) is 42.5 Å². The van der Waals surface area contributed by atoms with Crippen LogP contribution >= 0.6 is 22.9 Å². The van der Waals surface area contributed by atoms with E-state index in [1.54, 1.807) is 24.3 Å². The van der Waals surface area contributed by atoms with Gasteiger partial charge >= 0.3 is 0 Å². The smallest absolute Gasteiger partial charge is 0.270 e. The van der Waals surface area contributed by atoms with Gasteiger partial charge in [-0.25, -0.2) is 13.1 Å². The molecular formula is C19H17ClN4O3S2. The molecule has 1 amide bonds. The lowest BCUT2D eigenvalue weighted by molar-refractivity contribution is 0.102. The molecule has 0 aliphatic heterocycles. The van der Waals surface area contributed by atoms with Gasteiger partial charge in [0.05, 0.1) is 10.6 Å². The number of rotatable bonds is 5. The molecule has 7 nitrogen and oxygen atoms in total. The van der Waals surface area contributed by atoms with Crippen LogP contribution in [0, 0.1) is 0 Å². The van der Waals surface area contributed by atoms with E-state index in [-0.39, 0.29) is 21.1 Å². The van der Waals surface area contributed by atoms with Gasteiger partial charge < -0.3 is 0 Å². The van der Waals surface area contributed by atoms with E-state index < -0.39 is 15.9 Å². The molecule has 0 spiro atoms. The second-order valence-corrected chi connectivity index (χ2v) is 9.84. The zero-order valence-corrected chi connectivity index (χ0v) is 17.5. The Hall–Kier alpha value is -2.33. The third-order valence-corrected chi connectivity index (χ3v) is 7.65. The summed E-state index contributed by atoms with van der Waals surface area (Å²) < 4.78 is 28.1. The van der Waals surface area contributed by atoms with E-state index in [1.165, 1.54) is 0 Å². The Morgan fingerprint density at radius 2 is 1.86 bits per heavy atom. The van der Waals surface area contributed by atoms with E-state index in [4.69, 9.17) is 11.6 Å². The topological polar surface area (TPSA) is 101 Å². The van der Waals surface area contributed by atoms with Crippen LogP contribution in [-0.2, 0) is 16.4 Å². The summed E-state index contributed by atoms with van der Waals surface area (Å²) in [5.41, 5.74) is 2.40. The number of amides is 1. The van der Waals surface area contributed by atoms with Gasteiger partial charge in [-0.2, -0.15) is 0 Å². The molecule has 1 atom stereocenters. The molecule has 0 unspecified atom stereocenters. The highest BCUT2D eigenvalue weighted by Crippen LogP contribution is 2.31. The number of nitrogens with one attached hydrogen (secondary N) is 2. The summed E-state index contributed by atoms with van der Waals surface area (Å²) in [7, 11) is -3.87. The number of nitrogens with zero attached hydrogens (tertiary/aromatic N) is 2. The first-order chi connectivity index (χ1) is 13.9. The van der Waals surface area contributed by atoms with Crippen molar-refractivity contribution in [1.29, 1.82) is 0 Å². The molecule has 0 radical (unpaired) electrons. The van der Waals surface area contributed by atoms with Crippen molar-refractivity contribution >= 4 is 44.0 Å². The van der Waals surface area contributed by atoms with Crippen LogP contribution in [0.4, 0.5) is 5.13 Å². The SMILES string of the molecule is O=C(Nc1nnc(S(=O)(=O)N[C@H]2CCCc3ccccc32)s1)c1ccccc1Cl. The number of carbonyl (C=O) groups is 1. The zero-order valence-electron chi connectivity index (χ0n) is 15.1. The number of aryl methyl sites for hydroxylation is 1. The van der Waals surface area contributed by atoms with Crippen molar-refractivity contribution in [1.82, 2.24) is 14.9 Å². The first-order valence-electron chi connectivity index (χ1n) is 8.93. The Bertz CT molecular complexity index is 1160. The highest BCUT2D eigenvalue weighted by molar-refractivity contribution is 7.91. The maximum atomic E-state index is 12.8. The summed E-state index contributed by atoms with van der Waals surface area (Å²) >= 11 is 6.80. The largest absolute Gasteiger partial charge is 0.296 e. The average Bonchev–Trinajstić information content (AvgIpc) is 3.18. The molecule has 4 rings (SSSR count). The van der Waals surface area contributed by atoms with Crippen molar-refractivity contribution < 1.29 is 13.2 Å². The second-order valence-electron chi connectivity index (χ2n) is 6.57. The number of sulfonamides is 1. The van der Waals surface area contributed by atoms with Crippen molar-refractivity contribution in [2.24, 2.45) is 0 Å². The lowest BCUT2D eigenvalue weighted by atomic mass is 9.88. The van der Waals surface area contributed by atoms with E-state index in [9.17, 15) is 13.2 Å². The minimum atomic E-state index is -3.87. The summed E-state index contributed by atoms with van der Waals surface area (Å²) in [6.45, 7) is 0. The Morgan fingerprint density at radius 3 is 2.69 bits per heavy atom. The summed E-state index contributed by atoms with van der Waals surface area (Å²) in [5.74, 6) is -0.482. The fourth-order valence-electron chi connectivity index (χ4n) is 3.29. The number of hydrogen-bond donors (Lipinski definition) is 2. The molecule has 0 saturated heterocycles. The molecule has 0 fully saturated rings. The number of anilines is 1. The molecule has 1 aliphatic carbocycles. The quantitative estimate of drug-likeness (QED) is 0.578. The molecule has 1 aromatic heterocycles. The molecule has 1 aliphatic rings. The minimum absolute atomic E-state index is 0.0827. The molecular weight excluding hydrogens is 432 g/mol. The van der Waals surface area contributed by atoms with Gasteiger partial charge in [0.25, 0.3) is 15.9 Å². The van der Waals surface area contributed by atoms with Gasteiger partial charge in [0.1, 0.15) is 0 Å². The number of fused-ring (bicyclic) bond motifs is 1. The van der Waals surface area contributed by atoms with Crippen molar-refractivity contribution in [3.05, 3.63) is 70.2 Å². The minimum Gasteiger partial charge on any atom is -0.296 e. The molecule has 29 heavy (non-hydrogen) atoms. The molecule has 2 aromatic carbocycles. The third kappa shape index (κ3) is 4.32. The van der Waals surface area contributed by atoms with E-state index in [1.807, 2.05) is 24.3 Å². The van der Waals surface area contributed by atoms with E-state index in [2.05, 4.69) is 20.2 Å². The van der Waals surface area contributed by atoms with E-state index >= 15 is 0 Å². The predicted molar refractivity (Wildman–Crippen MR) is 112 cm³/mol. The maximum absolute atomic E-state index is 12.8. The van der Waals surface area contributed by atoms with Crippen molar-refractivity contribution in [2.75, 3.05) is 5.32 Å². The Kier molecular flexibility index (Phi) is 5.64. The monoisotopic (exact) mass is 448 g/mol. The molecule has 1 heterocycles. The fourth-order valence-corrected chi connectivity index (χ4v) is 5.68. The van der Waals surface area contributed by atoms with Gasteiger partial charge in [0.15, 0.2) is 0 Å². The maximum Gasteiger partial charge on any atom is 0.270 e. The molecule has 3 aromatic rings. The summed E-state index contributed by atoms with van der Waals surface area (Å²) in [6.07, 6.45) is 2.55. The first kappa shape index (κ1) is 20.0.